The van der Waals surface area contributed by atoms with Gasteiger partial charge < -0.3 is 9.30 Å². The number of halogens is 2. The number of hydrogen-bond acceptors (Lipinski definition) is 1. The Morgan fingerprint density at radius 1 is 1.47 bits per heavy atom. The van der Waals surface area contributed by atoms with Crippen LogP contribution in [0.15, 0.2) is 18.3 Å². The number of ether oxygens (including phenoxy) is 1. The van der Waals surface area contributed by atoms with Gasteiger partial charge in [-0.15, -0.1) is 0 Å². The number of rotatable bonds is 1. The zero-order valence-electron chi connectivity index (χ0n) is 8.54. The SMILES string of the molecule is Cn1cccc1C12CCC(F)(F)CC1O2. The second-order valence-corrected chi connectivity index (χ2v) is 4.56. The maximum Gasteiger partial charge on any atom is 0.250 e. The molecule has 1 aliphatic heterocycles. The number of nitrogens with zero attached hydrogens (tertiary/aromatic N) is 1. The van der Waals surface area contributed by atoms with Crippen LogP contribution in [0.3, 0.4) is 0 Å². The average Bonchev–Trinajstić information content (AvgIpc) is 2.68. The molecule has 82 valence electrons. The summed E-state index contributed by atoms with van der Waals surface area (Å²) in [6.45, 7) is 0. The normalized spacial score (nSPS) is 37.4. The van der Waals surface area contributed by atoms with Crippen molar-refractivity contribution in [2.75, 3.05) is 0 Å². The summed E-state index contributed by atoms with van der Waals surface area (Å²) >= 11 is 0. The van der Waals surface area contributed by atoms with Crippen LogP contribution in [0.1, 0.15) is 25.0 Å². The lowest BCUT2D eigenvalue weighted by molar-refractivity contribution is -0.0331. The van der Waals surface area contributed by atoms with Crippen LogP contribution in [-0.2, 0) is 17.4 Å². The second-order valence-electron chi connectivity index (χ2n) is 4.56. The average molecular weight is 213 g/mol. The minimum Gasteiger partial charge on any atom is -0.359 e. The van der Waals surface area contributed by atoms with Crippen LogP contribution in [0.25, 0.3) is 0 Å². The number of epoxide rings is 1. The molecule has 2 aliphatic rings. The summed E-state index contributed by atoms with van der Waals surface area (Å²) in [5, 5.41) is 0. The molecule has 2 fully saturated rings. The summed E-state index contributed by atoms with van der Waals surface area (Å²) in [4.78, 5) is 0. The number of hydrogen-bond donors (Lipinski definition) is 0. The predicted molar refractivity (Wildman–Crippen MR) is 50.8 cm³/mol. The van der Waals surface area contributed by atoms with Crippen molar-refractivity contribution in [3.05, 3.63) is 24.0 Å². The van der Waals surface area contributed by atoms with Gasteiger partial charge >= 0.3 is 0 Å². The molecule has 0 radical (unpaired) electrons. The fourth-order valence-corrected chi connectivity index (χ4v) is 2.64. The third kappa shape index (κ3) is 1.24. The Hall–Kier alpha value is -0.900. The highest BCUT2D eigenvalue weighted by Gasteiger charge is 2.65. The monoisotopic (exact) mass is 213 g/mol. The van der Waals surface area contributed by atoms with Crippen molar-refractivity contribution in [3.8, 4) is 0 Å². The van der Waals surface area contributed by atoms with Crippen LogP contribution in [-0.4, -0.2) is 16.6 Å². The van der Waals surface area contributed by atoms with Crippen LogP contribution in [0.4, 0.5) is 8.78 Å². The maximum atomic E-state index is 13.1. The highest BCUT2D eigenvalue weighted by Crippen LogP contribution is 2.58. The molecule has 1 saturated carbocycles. The molecule has 1 aliphatic carbocycles. The lowest BCUT2D eigenvalue weighted by Gasteiger charge is -2.24. The summed E-state index contributed by atoms with van der Waals surface area (Å²) < 4.78 is 33.7. The van der Waals surface area contributed by atoms with Gasteiger partial charge in [-0.1, -0.05) is 0 Å². The van der Waals surface area contributed by atoms with E-state index in [0.717, 1.165) is 5.69 Å². The Bertz CT molecular complexity index is 401. The first-order valence-electron chi connectivity index (χ1n) is 5.21. The van der Waals surface area contributed by atoms with Gasteiger partial charge in [0.15, 0.2) is 0 Å². The van der Waals surface area contributed by atoms with E-state index in [1.807, 2.05) is 29.9 Å². The molecule has 2 heterocycles. The van der Waals surface area contributed by atoms with Crippen molar-refractivity contribution in [2.45, 2.75) is 36.9 Å². The maximum absolute atomic E-state index is 13.1. The van der Waals surface area contributed by atoms with E-state index in [9.17, 15) is 8.78 Å². The zero-order chi connectivity index (χ0) is 10.7. The van der Waals surface area contributed by atoms with Crippen molar-refractivity contribution in [1.29, 1.82) is 0 Å². The third-order valence-corrected chi connectivity index (χ3v) is 3.54. The molecule has 2 nitrogen and oxygen atoms in total. The van der Waals surface area contributed by atoms with Gasteiger partial charge in [-0.05, 0) is 18.6 Å². The first-order chi connectivity index (χ1) is 7.04. The molecule has 0 amide bonds. The Labute approximate surface area is 86.8 Å². The van der Waals surface area contributed by atoms with Crippen LogP contribution < -0.4 is 0 Å². The number of aromatic nitrogens is 1. The molecule has 1 aromatic rings. The quantitative estimate of drug-likeness (QED) is 0.655. The Balaban J connectivity index is 1.89. The van der Waals surface area contributed by atoms with Crippen LogP contribution >= 0.6 is 0 Å². The molecule has 15 heavy (non-hydrogen) atoms. The van der Waals surface area contributed by atoms with Gasteiger partial charge in [0.05, 0.1) is 11.8 Å². The van der Waals surface area contributed by atoms with Gasteiger partial charge in [0, 0.05) is 26.1 Å². The molecular formula is C11H13F2NO. The van der Waals surface area contributed by atoms with Gasteiger partial charge in [-0.25, -0.2) is 8.78 Å². The molecule has 2 atom stereocenters. The minimum absolute atomic E-state index is 0.0608. The molecule has 3 rings (SSSR count). The van der Waals surface area contributed by atoms with E-state index in [2.05, 4.69) is 0 Å². The fraction of sp³-hybridized carbons (Fsp3) is 0.636. The topological polar surface area (TPSA) is 17.5 Å². The third-order valence-electron chi connectivity index (χ3n) is 3.54. The van der Waals surface area contributed by atoms with E-state index in [-0.39, 0.29) is 18.9 Å². The molecule has 4 heteroatoms. The highest BCUT2D eigenvalue weighted by molar-refractivity contribution is 5.26. The summed E-state index contributed by atoms with van der Waals surface area (Å²) in [5.74, 6) is -2.53. The van der Waals surface area contributed by atoms with E-state index >= 15 is 0 Å². The molecule has 1 aromatic heterocycles. The summed E-state index contributed by atoms with van der Waals surface area (Å²) in [6.07, 6.45) is 1.89. The van der Waals surface area contributed by atoms with E-state index in [1.54, 1.807) is 0 Å². The first-order valence-corrected chi connectivity index (χ1v) is 5.21. The van der Waals surface area contributed by atoms with Crippen molar-refractivity contribution >= 4 is 0 Å². The van der Waals surface area contributed by atoms with Gasteiger partial charge in [0.2, 0.25) is 0 Å². The Morgan fingerprint density at radius 2 is 2.27 bits per heavy atom. The lowest BCUT2D eigenvalue weighted by Crippen LogP contribution is -2.31. The Kier molecular flexibility index (Phi) is 1.63. The summed E-state index contributed by atoms with van der Waals surface area (Å²) in [5.41, 5.74) is 0.628. The van der Waals surface area contributed by atoms with E-state index in [4.69, 9.17) is 4.74 Å². The molecule has 0 spiro atoms. The van der Waals surface area contributed by atoms with Gasteiger partial charge in [-0.3, -0.25) is 0 Å². The highest BCUT2D eigenvalue weighted by atomic mass is 19.3. The van der Waals surface area contributed by atoms with Crippen molar-refractivity contribution in [3.63, 3.8) is 0 Å². The zero-order valence-corrected chi connectivity index (χ0v) is 8.54. The van der Waals surface area contributed by atoms with Crippen molar-refractivity contribution in [2.24, 2.45) is 7.05 Å². The van der Waals surface area contributed by atoms with E-state index in [0.29, 0.717) is 6.42 Å². The van der Waals surface area contributed by atoms with Crippen molar-refractivity contribution < 1.29 is 13.5 Å². The summed E-state index contributed by atoms with van der Waals surface area (Å²) in [7, 11) is 1.93. The van der Waals surface area contributed by atoms with Crippen LogP contribution in [0.5, 0.6) is 0 Å². The number of fused-ring (bicyclic) bond motifs is 1. The predicted octanol–water partition coefficient (Wildman–Crippen LogP) is 2.44. The lowest BCUT2D eigenvalue weighted by atomic mass is 9.84. The molecule has 2 unspecified atom stereocenters. The van der Waals surface area contributed by atoms with Crippen molar-refractivity contribution in [1.82, 2.24) is 4.57 Å². The van der Waals surface area contributed by atoms with Crippen LogP contribution in [0.2, 0.25) is 0 Å². The number of aryl methyl sites for hydroxylation is 1. The largest absolute Gasteiger partial charge is 0.359 e. The number of alkyl halides is 2. The molecule has 0 bridgehead atoms. The standard InChI is InChI=1S/C11H13F2NO/c1-14-6-2-3-8(14)11-5-4-10(12,13)7-9(11)15-11/h2-3,6,9H,4-5,7H2,1H3. The second kappa shape index (κ2) is 2.61. The van der Waals surface area contributed by atoms with E-state index in [1.165, 1.54) is 0 Å². The van der Waals surface area contributed by atoms with Gasteiger partial charge in [0.1, 0.15) is 5.60 Å². The van der Waals surface area contributed by atoms with Gasteiger partial charge in [-0.2, -0.15) is 0 Å². The molecular weight excluding hydrogens is 200 g/mol. The smallest absolute Gasteiger partial charge is 0.250 e. The van der Waals surface area contributed by atoms with Gasteiger partial charge in [0.25, 0.3) is 5.92 Å². The molecule has 0 aromatic carbocycles. The minimum atomic E-state index is -2.53. The summed E-state index contributed by atoms with van der Waals surface area (Å²) in [6, 6.07) is 3.89. The van der Waals surface area contributed by atoms with E-state index < -0.39 is 11.5 Å². The first kappa shape index (κ1) is 9.33. The molecule has 1 saturated heterocycles. The fourth-order valence-electron chi connectivity index (χ4n) is 2.64. The van der Waals surface area contributed by atoms with Crippen LogP contribution in [0, 0.1) is 0 Å². The Morgan fingerprint density at radius 3 is 2.87 bits per heavy atom. The molecule has 0 N–H and O–H groups in total.